The van der Waals surface area contributed by atoms with Gasteiger partial charge < -0.3 is 5.21 Å². The first-order valence-corrected chi connectivity index (χ1v) is 0.565. The van der Waals surface area contributed by atoms with Crippen LogP contribution in [0.1, 0.15) is 0 Å². The van der Waals surface area contributed by atoms with Crippen LogP contribution in [0.15, 0.2) is 0 Å². The first-order valence-electron chi connectivity index (χ1n) is 0.565. The summed E-state index contributed by atoms with van der Waals surface area (Å²) in [6.45, 7) is 0. The Hall–Kier alpha value is 1.08. The zero-order valence-electron chi connectivity index (χ0n) is 3.02. The summed E-state index contributed by atoms with van der Waals surface area (Å²) in [5, 5.41) is 13.6. The van der Waals surface area contributed by atoms with Crippen LogP contribution in [0, 0.1) is 10.1 Å². The molecular formula is HAgCuNO3Zn. The minimum absolute atomic E-state index is 0. The van der Waals surface area contributed by atoms with Crippen LogP contribution in [0.4, 0.5) is 0 Å². The average molecular weight is 300 g/mol. The molecule has 0 bridgehead atoms. The van der Waals surface area contributed by atoms with Crippen molar-refractivity contribution in [1.82, 2.24) is 0 Å². The maximum atomic E-state index is 8.36. The second-order valence-electron chi connectivity index (χ2n) is 0.238. The van der Waals surface area contributed by atoms with E-state index in [1.54, 1.807) is 0 Å². The molecule has 0 rings (SSSR count). The maximum Gasteiger partial charge on any atom is 0.291 e. The largest absolute Gasteiger partial charge is 0.328 e. The van der Waals surface area contributed by atoms with Gasteiger partial charge in [0.15, 0.2) is 0 Å². The summed E-state index contributed by atoms with van der Waals surface area (Å²) >= 11 is 0. The van der Waals surface area contributed by atoms with E-state index in [0.29, 0.717) is 0 Å². The molecule has 0 saturated carbocycles. The van der Waals surface area contributed by atoms with Crippen LogP contribution in [0.3, 0.4) is 0 Å². The fraction of sp³-hybridized carbons (Fsp3) is 0. The fourth-order valence-electron chi connectivity index (χ4n) is 0. The molecule has 7 heavy (non-hydrogen) atoms. The molecule has 0 aliphatic carbocycles. The van der Waals surface area contributed by atoms with Crippen molar-refractivity contribution >= 4 is 0 Å². The van der Waals surface area contributed by atoms with Crippen LogP contribution >= 0.6 is 0 Å². The van der Waals surface area contributed by atoms with Crippen molar-refractivity contribution in [3.8, 4) is 0 Å². The van der Waals surface area contributed by atoms with Crippen molar-refractivity contribution in [2.45, 2.75) is 0 Å². The molecule has 0 aromatic carbocycles. The molecule has 0 spiro atoms. The van der Waals surface area contributed by atoms with Crippen LogP contribution in [-0.4, -0.2) is 10.3 Å². The maximum absolute atomic E-state index is 8.36. The molecule has 0 aromatic heterocycles. The van der Waals surface area contributed by atoms with Crippen LogP contribution in [-0.2, 0) is 58.9 Å². The third-order valence-electron chi connectivity index (χ3n) is 0. The van der Waals surface area contributed by atoms with Gasteiger partial charge in [0, 0.05) is 58.9 Å². The van der Waals surface area contributed by atoms with Gasteiger partial charge in [-0.15, -0.1) is 10.1 Å². The summed E-state index contributed by atoms with van der Waals surface area (Å²) in [7, 11) is 0. The average Bonchev–Trinajstić information content (AvgIpc) is 0.811. The third kappa shape index (κ3) is 156. The van der Waals surface area contributed by atoms with E-state index < -0.39 is 5.09 Å². The van der Waals surface area contributed by atoms with Gasteiger partial charge in [0.2, 0.25) is 0 Å². The Bertz CT molecular complexity index is 37.9. The monoisotopic (exact) mass is 297 g/mol. The Kier molecular flexibility index (Phi) is 54.6. The summed E-state index contributed by atoms with van der Waals surface area (Å²) in [6, 6.07) is 0. The Morgan fingerprint density at radius 1 is 1.57 bits per heavy atom. The topological polar surface area (TPSA) is 63.4 Å². The molecule has 0 fully saturated rings. The SMILES string of the molecule is O=[N+]([O-])O.[Ag].[Cu].[Zn]. The van der Waals surface area contributed by atoms with Crippen molar-refractivity contribution in [3.63, 3.8) is 0 Å². The molecular weight excluding hydrogens is 299 g/mol. The predicted octanol–water partition coefficient (Wildman–Crippen LogP) is -0.355. The molecule has 0 unspecified atom stereocenters. The van der Waals surface area contributed by atoms with E-state index in [9.17, 15) is 0 Å². The van der Waals surface area contributed by atoms with E-state index in [2.05, 4.69) is 0 Å². The fourth-order valence-corrected chi connectivity index (χ4v) is 0. The third-order valence-corrected chi connectivity index (χ3v) is 0. The molecule has 2 radical (unpaired) electrons. The quantitative estimate of drug-likeness (QED) is 0.378. The summed E-state index contributed by atoms with van der Waals surface area (Å²) in [6.07, 6.45) is 0. The van der Waals surface area contributed by atoms with Crippen molar-refractivity contribution in [1.29, 1.82) is 0 Å². The molecule has 0 saturated heterocycles. The first-order chi connectivity index (χ1) is 1.73. The zero-order valence-corrected chi connectivity index (χ0v) is 8.41. The van der Waals surface area contributed by atoms with Gasteiger partial charge in [-0.25, -0.2) is 0 Å². The van der Waals surface area contributed by atoms with E-state index in [1.807, 2.05) is 0 Å². The minimum atomic E-state index is -1.50. The Morgan fingerprint density at radius 3 is 1.57 bits per heavy atom. The number of hydrogen-bond acceptors (Lipinski definition) is 2. The molecule has 0 amide bonds. The standard InChI is InChI=1S/Ag.Cu.HNO3.Zn/c;;2-1(3)4;/h;;(H,2,3,4);. The van der Waals surface area contributed by atoms with Gasteiger partial charge in [-0.3, -0.25) is 0 Å². The smallest absolute Gasteiger partial charge is 0.291 e. The molecule has 4 nitrogen and oxygen atoms in total. The van der Waals surface area contributed by atoms with Crippen LogP contribution < -0.4 is 0 Å². The van der Waals surface area contributed by atoms with Gasteiger partial charge in [0.25, 0.3) is 5.09 Å². The predicted molar refractivity (Wildman–Crippen MR) is 8.78 cm³/mol. The van der Waals surface area contributed by atoms with Crippen LogP contribution in [0.25, 0.3) is 0 Å². The summed E-state index contributed by atoms with van der Waals surface area (Å²) in [5.41, 5.74) is 0. The number of nitrogens with zero attached hydrogens (tertiary/aromatic N) is 1. The van der Waals surface area contributed by atoms with Gasteiger partial charge in [0.1, 0.15) is 0 Å². The van der Waals surface area contributed by atoms with E-state index in [1.165, 1.54) is 0 Å². The second-order valence-corrected chi connectivity index (χ2v) is 0.238. The van der Waals surface area contributed by atoms with Crippen LogP contribution in [0.2, 0.25) is 0 Å². The van der Waals surface area contributed by atoms with Crippen molar-refractivity contribution in [2.75, 3.05) is 0 Å². The molecule has 1 N–H and O–H groups in total. The molecule has 0 aliphatic heterocycles. The summed E-state index contributed by atoms with van der Waals surface area (Å²) in [4.78, 5) is 8.36. The summed E-state index contributed by atoms with van der Waals surface area (Å²) in [5.74, 6) is 0. The molecule has 0 aliphatic rings. The molecule has 0 heterocycles. The van der Waals surface area contributed by atoms with Gasteiger partial charge in [-0.1, -0.05) is 0 Å². The van der Waals surface area contributed by atoms with Gasteiger partial charge in [-0.05, 0) is 0 Å². The van der Waals surface area contributed by atoms with Crippen molar-refractivity contribution < 1.29 is 69.2 Å². The number of hydrogen-bond donors (Lipinski definition) is 1. The normalized spacial score (nSPS) is 3.43. The van der Waals surface area contributed by atoms with E-state index in [0.717, 1.165) is 0 Å². The van der Waals surface area contributed by atoms with E-state index in [4.69, 9.17) is 15.3 Å². The van der Waals surface area contributed by atoms with Crippen LogP contribution in [0.5, 0.6) is 0 Å². The van der Waals surface area contributed by atoms with E-state index in [-0.39, 0.29) is 58.9 Å². The zero-order chi connectivity index (χ0) is 3.58. The Balaban J connectivity index is -0.0000000150. The number of rotatable bonds is 0. The molecule has 48 valence electrons. The first kappa shape index (κ1) is 24.3. The molecule has 7 heteroatoms. The molecule has 0 aromatic rings. The Labute approximate surface area is 78.9 Å². The second kappa shape index (κ2) is 15.7. The van der Waals surface area contributed by atoms with Gasteiger partial charge in [0.05, 0.1) is 0 Å². The van der Waals surface area contributed by atoms with Crippen molar-refractivity contribution in [3.05, 3.63) is 10.1 Å². The Morgan fingerprint density at radius 2 is 1.57 bits per heavy atom. The van der Waals surface area contributed by atoms with E-state index >= 15 is 0 Å². The minimum Gasteiger partial charge on any atom is -0.328 e. The summed E-state index contributed by atoms with van der Waals surface area (Å²) < 4.78 is 0. The van der Waals surface area contributed by atoms with Gasteiger partial charge in [-0.2, -0.15) is 0 Å². The van der Waals surface area contributed by atoms with Gasteiger partial charge >= 0.3 is 0 Å². The molecule has 0 atom stereocenters. The van der Waals surface area contributed by atoms with Crippen molar-refractivity contribution in [2.24, 2.45) is 0 Å².